The number of nitrogens with one attached hydrogen (secondary N) is 2. The molecule has 2 N–H and O–H groups in total. The lowest BCUT2D eigenvalue weighted by molar-refractivity contribution is 0.659. The van der Waals surface area contributed by atoms with Crippen LogP contribution in [0.15, 0.2) is 59.7 Å². The Labute approximate surface area is 177 Å². The third-order valence-electron chi connectivity index (χ3n) is 4.81. The van der Waals surface area contributed by atoms with E-state index < -0.39 is 0 Å². The summed E-state index contributed by atoms with van der Waals surface area (Å²) < 4.78 is 2.00. The van der Waals surface area contributed by atoms with Gasteiger partial charge in [0.2, 0.25) is 0 Å². The van der Waals surface area contributed by atoms with Gasteiger partial charge in [0.1, 0.15) is 0 Å². The largest absolute Gasteiger partial charge is 0.331 e. The van der Waals surface area contributed by atoms with E-state index >= 15 is 0 Å². The van der Waals surface area contributed by atoms with Crippen LogP contribution in [0.3, 0.4) is 0 Å². The van der Waals surface area contributed by atoms with E-state index in [1.54, 1.807) is 6.21 Å². The number of hydrogen-bond donors (Lipinski definition) is 2. The number of benzene rings is 2. The molecule has 0 amide bonds. The fourth-order valence-corrected chi connectivity index (χ4v) is 3.24. The average molecular weight is 406 g/mol. The van der Waals surface area contributed by atoms with Gasteiger partial charge in [0.15, 0.2) is 5.11 Å². The first kappa shape index (κ1) is 20.7. The predicted octanol–water partition coefficient (Wildman–Crippen LogP) is 4.99. The van der Waals surface area contributed by atoms with E-state index in [-0.39, 0.29) is 0 Å². The van der Waals surface area contributed by atoms with Crippen LogP contribution in [0.25, 0.3) is 0 Å². The summed E-state index contributed by atoms with van der Waals surface area (Å²) in [6.45, 7) is 9.13. The van der Waals surface area contributed by atoms with Crippen molar-refractivity contribution in [2.24, 2.45) is 5.10 Å². The van der Waals surface area contributed by atoms with Crippen molar-refractivity contribution in [2.45, 2.75) is 40.2 Å². The highest BCUT2D eigenvalue weighted by atomic mass is 32.1. The summed E-state index contributed by atoms with van der Waals surface area (Å²) in [5.74, 6) is 0.507. The first-order chi connectivity index (χ1) is 13.9. The molecule has 0 fully saturated rings. The summed E-state index contributed by atoms with van der Waals surface area (Å²) >= 11 is 5.34. The van der Waals surface area contributed by atoms with E-state index in [0.29, 0.717) is 11.0 Å². The normalized spacial score (nSPS) is 11.2. The second kappa shape index (κ2) is 9.47. The van der Waals surface area contributed by atoms with Gasteiger partial charge in [-0.1, -0.05) is 56.3 Å². The number of aromatic nitrogens is 2. The molecule has 1 aromatic heterocycles. The fraction of sp³-hybridized carbons (Fsp3) is 0.261. The van der Waals surface area contributed by atoms with Crippen molar-refractivity contribution in [2.75, 3.05) is 5.32 Å². The number of anilines is 1. The Hall–Kier alpha value is -2.99. The lowest BCUT2D eigenvalue weighted by atomic mass is 10.0. The zero-order valence-corrected chi connectivity index (χ0v) is 18.1. The SMILES string of the molecule is Cc1nn(Cc2ccccc2)c(C)c1/C=N\NC(=S)Nc1ccc(C(C)C)cc1. The zero-order chi connectivity index (χ0) is 20.8. The third-order valence-corrected chi connectivity index (χ3v) is 5.00. The maximum absolute atomic E-state index is 5.34. The molecule has 0 bridgehead atoms. The van der Waals surface area contributed by atoms with Crippen LogP contribution >= 0.6 is 12.2 Å². The first-order valence-electron chi connectivity index (χ1n) is 9.72. The van der Waals surface area contributed by atoms with Crippen molar-refractivity contribution in [3.8, 4) is 0 Å². The van der Waals surface area contributed by atoms with Gasteiger partial charge in [-0.05, 0) is 55.2 Å². The summed E-state index contributed by atoms with van der Waals surface area (Å²) in [5, 5.41) is 12.5. The van der Waals surface area contributed by atoms with Gasteiger partial charge in [0.05, 0.1) is 18.5 Å². The maximum atomic E-state index is 5.34. The molecule has 0 saturated heterocycles. The molecule has 3 rings (SSSR count). The van der Waals surface area contributed by atoms with Crippen molar-refractivity contribution in [3.05, 3.63) is 82.7 Å². The van der Waals surface area contributed by atoms with E-state index in [9.17, 15) is 0 Å². The van der Waals surface area contributed by atoms with Gasteiger partial charge in [-0.15, -0.1) is 0 Å². The average Bonchev–Trinajstić information content (AvgIpc) is 2.96. The molecule has 5 nitrogen and oxygen atoms in total. The highest BCUT2D eigenvalue weighted by molar-refractivity contribution is 7.80. The zero-order valence-electron chi connectivity index (χ0n) is 17.3. The minimum atomic E-state index is 0.450. The van der Waals surface area contributed by atoms with E-state index in [1.165, 1.54) is 11.1 Å². The molecule has 0 saturated carbocycles. The second-order valence-corrected chi connectivity index (χ2v) is 7.74. The number of hydrogen-bond acceptors (Lipinski definition) is 3. The van der Waals surface area contributed by atoms with E-state index in [4.69, 9.17) is 12.2 Å². The van der Waals surface area contributed by atoms with Crippen molar-refractivity contribution in [3.63, 3.8) is 0 Å². The van der Waals surface area contributed by atoms with Crippen LogP contribution in [0.2, 0.25) is 0 Å². The van der Waals surface area contributed by atoms with Gasteiger partial charge < -0.3 is 5.32 Å². The smallest absolute Gasteiger partial charge is 0.191 e. The third kappa shape index (κ3) is 5.51. The lowest BCUT2D eigenvalue weighted by Crippen LogP contribution is -2.23. The van der Waals surface area contributed by atoms with Gasteiger partial charge in [0, 0.05) is 16.9 Å². The van der Waals surface area contributed by atoms with Gasteiger partial charge in [-0.3, -0.25) is 10.1 Å². The molecule has 29 heavy (non-hydrogen) atoms. The number of rotatable bonds is 6. The van der Waals surface area contributed by atoms with Crippen LogP contribution in [0.5, 0.6) is 0 Å². The molecule has 0 aliphatic rings. The Kier molecular flexibility index (Phi) is 6.77. The van der Waals surface area contributed by atoms with E-state index in [1.807, 2.05) is 41.9 Å². The summed E-state index contributed by atoms with van der Waals surface area (Å²) in [6, 6.07) is 18.6. The molecule has 0 radical (unpaired) electrons. The Morgan fingerprint density at radius 1 is 1.10 bits per heavy atom. The molecule has 0 aliphatic carbocycles. The van der Waals surface area contributed by atoms with Gasteiger partial charge in [0.25, 0.3) is 0 Å². The molecule has 150 valence electrons. The van der Waals surface area contributed by atoms with Crippen LogP contribution in [0.1, 0.15) is 47.8 Å². The summed E-state index contributed by atoms with van der Waals surface area (Å²) in [5.41, 5.74) is 9.34. The fourth-order valence-electron chi connectivity index (χ4n) is 3.07. The van der Waals surface area contributed by atoms with Crippen molar-refractivity contribution >= 4 is 29.2 Å². The Balaban J connectivity index is 1.60. The monoisotopic (exact) mass is 405 g/mol. The quantitative estimate of drug-likeness (QED) is 0.345. The standard InChI is InChI=1S/C23H27N5S/c1-16(2)20-10-12-21(13-11-20)25-23(29)26-24-14-22-17(3)27-28(18(22)4)15-19-8-6-5-7-9-19/h5-14,16H,15H2,1-4H3,(H2,25,26,29)/b24-14-. The molecule has 6 heteroatoms. The second-order valence-electron chi connectivity index (χ2n) is 7.33. The van der Waals surface area contributed by atoms with Crippen LogP contribution in [-0.4, -0.2) is 21.1 Å². The summed E-state index contributed by atoms with van der Waals surface area (Å²) in [6.07, 6.45) is 1.77. The van der Waals surface area contributed by atoms with Crippen molar-refractivity contribution in [1.82, 2.24) is 15.2 Å². The molecule has 0 aliphatic heterocycles. The molecular formula is C23H27N5S. The number of aryl methyl sites for hydroxylation is 1. The minimum Gasteiger partial charge on any atom is -0.331 e. The Bertz CT molecular complexity index is 988. The van der Waals surface area contributed by atoms with E-state index in [2.05, 4.69) is 66.0 Å². The number of thiocarbonyl (C=S) groups is 1. The van der Waals surface area contributed by atoms with Crippen LogP contribution in [-0.2, 0) is 6.54 Å². The molecule has 0 atom stereocenters. The summed E-state index contributed by atoms with van der Waals surface area (Å²) in [4.78, 5) is 0. The number of hydrazone groups is 1. The Morgan fingerprint density at radius 3 is 2.45 bits per heavy atom. The number of nitrogens with zero attached hydrogens (tertiary/aromatic N) is 3. The summed E-state index contributed by atoms with van der Waals surface area (Å²) in [7, 11) is 0. The molecule has 1 heterocycles. The highest BCUT2D eigenvalue weighted by Crippen LogP contribution is 2.17. The predicted molar refractivity (Wildman–Crippen MR) is 125 cm³/mol. The van der Waals surface area contributed by atoms with Gasteiger partial charge in [-0.25, -0.2) is 0 Å². The molecule has 0 unspecified atom stereocenters. The minimum absolute atomic E-state index is 0.450. The molecule has 2 aromatic carbocycles. The van der Waals surface area contributed by atoms with Crippen LogP contribution < -0.4 is 10.7 Å². The molecule has 0 spiro atoms. The van der Waals surface area contributed by atoms with E-state index in [0.717, 1.165) is 29.2 Å². The van der Waals surface area contributed by atoms with Gasteiger partial charge in [-0.2, -0.15) is 10.2 Å². The molecule has 3 aromatic rings. The topological polar surface area (TPSA) is 54.2 Å². The Morgan fingerprint density at radius 2 is 1.79 bits per heavy atom. The highest BCUT2D eigenvalue weighted by Gasteiger charge is 2.10. The van der Waals surface area contributed by atoms with Gasteiger partial charge >= 0.3 is 0 Å². The molecular weight excluding hydrogens is 378 g/mol. The van der Waals surface area contributed by atoms with Crippen molar-refractivity contribution < 1.29 is 0 Å². The van der Waals surface area contributed by atoms with Crippen LogP contribution in [0.4, 0.5) is 5.69 Å². The van der Waals surface area contributed by atoms with Crippen molar-refractivity contribution in [1.29, 1.82) is 0 Å². The first-order valence-corrected chi connectivity index (χ1v) is 10.1. The lowest BCUT2D eigenvalue weighted by Gasteiger charge is -2.09. The maximum Gasteiger partial charge on any atom is 0.191 e. The van der Waals surface area contributed by atoms with Crippen LogP contribution in [0, 0.1) is 13.8 Å².